The highest BCUT2D eigenvalue weighted by molar-refractivity contribution is 5.87. The molecule has 3 saturated carbocycles. The van der Waals surface area contributed by atoms with Crippen molar-refractivity contribution in [1.29, 1.82) is 0 Å². The number of aryl methyl sites for hydroxylation is 1. The summed E-state index contributed by atoms with van der Waals surface area (Å²) in [6, 6.07) is 11.3. The number of hydrogen-bond donors (Lipinski definition) is 3. The van der Waals surface area contributed by atoms with Crippen molar-refractivity contribution in [3.63, 3.8) is 0 Å². The van der Waals surface area contributed by atoms with Crippen LogP contribution in [0.15, 0.2) is 47.4 Å². The van der Waals surface area contributed by atoms with Gasteiger partial charge >= 0.3 is 5.97 Å². The Morgan fingerprint density at radius 3 is 2.42 bits per heavy atom. The maximum Gasteiger partial charge on any atom is 0.337 e. The summed E-state index contributed by atoms with van der Waals surface area (Å²) >= 11 is 0. The van der Waals surface area contributed by atoms with E-state index >= 15 is 0 Å². The molecule has 40 heavy (non-hydrogen) atoms. The summed E-state index contributed by atoms with van der Waals surface area (Å²) in [6.45, 7) is 5.00. The number of benzene rings is 1. The quantitative estimate of drug-likeness (QED) is 0.261. The van der Waals surface area contributed by atoms with E-state index in [-0.39, 0.29) is 22.1 Å². The van der Waals surface area contributed by atoms with Crippen LogP contribution in [0.1, 0.15) is 79.3 Å². The predicted octanol–water partition coefficient (Wildman–Crippen LogP) is 5.24. The Balaban J connectivity index is 1.21. The van der Waals surface area contributed by atoms with Crippen LogP contribution in [-0.2, 0) is 23.3 Å². The molecule has 3 heterocycles. The van der Waals surface area contributed by atoms with E-state index in [1.54, 1.807) is 16.7 Å². The first-order valence-corrected chi connectivity index (χ1v) is 14.0. The third kappa shape index (κ3) is 4.77. The lowest BCUT2D eigenvalue weighted by molar-refractivity contribution is -0.128. The van der Waals surface area contributed by atoms with Gasteiger partial charge in [0.1, 0.15) is 5.82 Å². The Kier molecular flexibility index (Phi) is 6.66. The minimum absolute atomic E-state index is 0.109. The van der Waals surface area contributed by atoms with Crippen molar-refractivity contribution in [2.75, 3.05) is 5.32 Å². The van der Waals surface area contributed by atoms with E-state index in [0.29, 0.717) is 30.3 Å². The molecule has 0 radical (unpaired) electrons. The molecule has 3 aliphatic carbocycles. The number of carboxylic acid groups (broad SMARTS) is 1. The minimum Gasteiger partial charge on any atom is -0.478 e. The van der Waals surface area contributed by atoms with Crippen molar-refractivity contribution >= 4 is 28.8 Å². The van der Waals surface area contributed by atoms with Crippen LogP contribution in [0, 0.1) is 6.92 Å². The molecule has 0 saturated heterocycles. The molecule has 10 heteroatoms. The number of pyridine rings is 1. The summed E-state index contributed by atoms with van der Waals surface area (Å²) in [5.74, 6) is 0.364. The first-order chi connectivity index (χ1) is 19.3. The third-order valence-corrected chi connectivity index (χ3v) is 8.64. The van der Waals surface area contributed by atoms with Crippen LogP contribution in [0.2, 0.25) is 0 Å². The van der Waals surface area contributed by atoms with E-state index in [2.05, 4.69) is 15.3 Å². The van der Waals surface area contributed by atoms with Crippen LogP contribution in [0.4, 0.5) is 11.6 Å². The molecule has 3 aliphatic rings. The van der Waals surface area contributed by atoms with Crippen molar-refractivity contribution in [3.8, 4) is 0 Å². The summed E-state index contributed by atoms with van der Waals surface area (Å²) in [6.07, 6.45) is 7.60. The van der Waals surface area contributed by atoms with E-state index in [1.165, 1.54) is 6.20 Å². The van der Waals surface area contributed by atoms with Crippen LogP contribution in [0.25, 0.3) is 11.2 Å². The summed E-state index contributed by atoms with van der Waals surface area (Å²) in [4.78, 5) is 42.0. The second-order valence-corrected chi connectivity index (χ2v) is 11.3. The van der Waals surface area contributed by atoms with Gasteiger partial charge in [-0.25, -0.2) is 9.78 Å². The first kappa shape index (κ1) is 26.2. The Morgan fingerprint density at radius 1 is 1.07 bits per heavy atom. The van der Waals surface area contributed by atoms with Gasteiger partial charge in [-0.1, -0.05) is 24.6 Å². The third-order valence-electron chi connectivity index (χ3n) is 8.64. The molecule has 2 bridgehead atoms. The lowest BCUT2D eigenvalue weighted by Crippen LogP contribution is -2.50. The fourth-order valence-corrected chi connectivity index (χ4v) is 6.12. The van der Waals surface area contributed by atoms with Gasteiger partial charge in [-0.15, -0.1) is 0 Å². The van der Waals surface area contributed by atoms with E-state index in [4.69, 9.17) is 19.8 Å². The first-order valence-electron chi connectivity index (χ1n) is 14.0. The summed E-state index contributed by atoms with van der Waals surface area (Å²) in [5, 5.41) is 12.4. The molecule has 1 aromatic carbocycles. The van der Waals surface area contributed by atoms with E-state index in [0.717, 1.165) is 67.7 Å². The van der Waals surface area contributed by atoms with Gasteiger partial charge in [-0.05, 0) is 76.1 Å². The normalized spacial score (nSPS) is 22.1. The van der Waals surface area contributed by atoms with Crippen molar-refractivity contribution in [1.82, 2.24) is 24.5 Å². The van der Waals surface area contributed by atoms with Gasteiger partial charge < -0.3 is 20.1 Å². The minimum atomic E-state index is -0.988. The van der Waals surface area contributed by atoms with Gasteiger partial charge in [-0.3, -0.25) is 14.3 Å². The molecular formula is C30H34N6O4. The number of hydrogen-bond acceptors (Lipinski definition) is 7. The number of nitrogens with one attached hydrogen (secondary N) is 2. The number of aromatic carboxylic acids is 1. The molecule has 0 atom stereocenters. The average molecular weight is 543 g/mol. The summed E-state index contributed by atoms with van der Waals surface area (Å²) < 4.78 is 8.10. The number of rotatable bonds is 9. The highest BCUT2D eigenvalue weighted by Gasteiger charge is 2.51. The second-order valence-electron chi connectivity index (χ2n) is 11.3. The van der Waals surface area contributed by atoms with E-state index in [9.17, 15) is 9.59 Å². The van der Waals surface area contributed by atoms with Gasteiger partial charge in [-0.2, -0.15) is 4.98 Å². The Labute approximate surface area is 231 Å². The Morgan fingerprint density at radius 2 is 1.80 bits per heavy atom. The smallest absolute Gasteiger partial charge is 0.337 e. The highest BCUT2D eigenvalue weighted by atomic mass is 16.5. The number of carbonyl (C=O) groups is 1. The van der Waals surface area contributed by atoms with Gasteiger partial charge in [0, 0.05) is 23.8 Å². The van der Waals surface area contributed by atoms with Crippen LogP contribution in [-0.4, -0.2) is 41.2 Å². The Hall–Kier alpha value is -4.05. The molecule has 4 aromatic rings. The van der Waals surface area contributed by atoms with Gasteiger partial charge in [0.05, 0.1) is 23.5 Å². The number of ether oxygens (including phenoxy) is 1. The van der Waals surface area contributed by atoms with Crippen molar-refractivity contribution in [2.24, 2.45) is 0 Å². The predicted molar refractivity (Wildman–Crippen MR) is 151 cm³/mol. The topological polar surface area (TPSA) is 135 Å². The number of aromatic nitrogens is 5. The molecular weight excluding hydrogens is 508 g/mol. The maximum atomic E-state index is 13.6. The van der Waals surface area contributed by atoms with Crippen molar-refractivity contribution in [3.05, 3.63) is 75.6 Å². The molecule has 3 aromatic heterocycles. The molecule has 3 fully saturated rings. The number of imidazole rings is 1. The van der Waals surface area contributed by atoms with E-state index in [1.807, 2.05) is 38.1 Å². The van der Waals surface area contributed by atoms with E-state index < -0.39 is 5.97 Å². The van der Waals surface area contributed by atoms with Crippen LogP contribution in [0.3, 0.4) is 0 Å². The van der Waals surface area contributed by atoms with Crippen LogP contribution in [0.5, 0.6) is 0 Å². The molecule has 208 valence electrons. The zero-order chi connectivity index (χ0) is 27.9. The molecule has 7 rings (SSSR count). The number of fused-ring (bicyclic) bond motifs is 4. The molecule has 0 amide bonds. The fourth-order valence-electron chi connectivity index (χ4n) is 6.12. The molecule has 0 aliphatic heterocycles. The Bertz CT molecular complexity index is 1580. The fraction of sp³-hybridized carbons (Fsp3) is 0.433. The highest BCUT2D eigenvalue weighted by Crippen LogP contribution is 2.54. The lowest BCUT2D eigenvalue weighted by Gasteiger charge is -2.52. The number of nitrogens with zero attached hydrogens (tertiary/aromatic N) is 4. The molecule has 3 N–H and O–H groups in total. The number of H-pyrrole nitrogens is 1. The van der Waals surface area contributed by atoms with Gasteiger partial charge in [0.2, 0.25) is 5.95 Å². The zero-order valence-corrected chi connectivity index (χ0v) is 22.9. The molecule has 0 spiro atoms. The SMILES string of the molecule is CCCn1c(Nc2ccc(C)cc2)nc2nc(C34CCC(OCc5ccc(C(=O)O)cn5)(CC3)CC4)[nH]c2c1=O. The van der Waals surface area contributed by atoms with Gasteiger partial charge in [0.15, 0.2) is 11.2 Å². The van der Waals surface area contributed by atoms with Crippen molar-refractivity contribution < 1.29 is 14.6 Å². The summed E-state index contributed by atoms with van der Waals surface area (Å²) in [7, 11) is 0. The zero-order valence-electron chi connectivity index (χ0n) is 22.9. The standard InChI is InChI=1S/C30H34N6O4/c1-3-16-36-25(37)23-24(35-28(36)32-21-7-4-19(2)5-8-21)34-27(33-23)29-10-13-30(14-11-29,15-12-29)40-18-22-9-6-20(17-31-22)26(38)39/h4-9,17H,3,10-16,18H2,1-2H3,(H,32,35)(H,33,34)(H,38,39). The lowest BCUT2D eigenvalue weighted by atomic mass is 9.58. The number of anilines is 2. The molecule has 10 nitrogen and oxygen atoms in total. The number of aromatic amines is 1. The van der Waals surface area contributed by atoms with Crippen LogP contribution < -0.4 is 10.9 Å². The van der Waals surface area contributed by atoms with Crippen molar-refractivity contribution in [2.45, 2.75) is 83.0 Å². The average Bonchev–Trinajstić information content (AvgIpc) is 3.42. The summed E-state index contributed by atoms with van der Waals surface area (Å²) in [5.41, 5.74) is 3.40. The number of carboxylic acids is 1. The van der Waals surface area contributed by atoms with Gasteiger partial charge in [0.25, 0.3) is 5.56 Å². The second kappa shape index (κ2) is 10.2. The van der Waals surface area contributed by atoms with Crippen LogP contribution >= 0.6 is 0 Å². The maximum absolute atomic E-state index is 13.6. The monoisotopic (exact) mass is 542 g/mol. The molecule has 0 unspecified atom stereocenters. The largest absolute Gasteiger partial charge is 0.478 e.